The second-order valence-electron chi connectivity index (χ2n) is 5.21. The van der Waals surface area contributed by atoms with Gasteiger partial charge in [-0.1, -0.05) is 6.07 Å². The average Bonchev–Trinajstić information content (AvgIpc) is 3.01. The molecule has 0 radical (unpaired) electrons. The van der Waals surface area contributed by atoms with Crippen LogP contribution in [0.25, 0.3) is 11.4 Å². The molecular weight excluding hydrogens is 292 g/mol. The molecule has 1 amide bonds. The Morgan fingerprint density at radius 2 is 2.17 bits per heavy atom. The Morgan fingerprint density at radius 1 is 1.26 bits per heavy atom. The minimum absolute atomic E-state index is 0.157. The molecule has 0 aliphatic carbocycles. The molecule has 23 heavy (non-hydrogen) atoms. The highest BCUT2D eigenvalue weighted by molar-refractivity contribution is 5.78. The largest absolute Gasteiger partial charge is 0.475 e. The third-order valence-electron chi connectivity index (χ3n) is 3.68. The second kappa shape index (κ2) is 6.88. The van der Waals surface area contributed by atoms with Crippen molar-refractivity contribution in [1.29, 1.82) is 5.26 Å². The SMILES string of the molecule is N#Cc1ccc(-c2ccccn2)nc1OCCN1CCCC1=O. The second-order valence-corrected chi connectivity index (χ2v) is 5.21. The number of nitrogens with zero attached hydrogens (tertiary/aromatic N) is 4. The number of likely N-dealkylation sites (tertiary alicyclic amines) is 1. The van der Waals surface area contributed by atoms with Crippen LogP contribution in [0.3, 0.4) is 0 Å². The summed E-state index contributed by atoms with van der Waals surface area (Å²) in [5.74, 6) is 0.437. The van der Waals surface area contributed by atoms with Gasteiger partial charge in [0.15, 0.2) is 0 Å². The summed E-state index contributed by atoms with van der Waals surface area (Å²) in [4.78, 5) is 22.0. The highest BCUT2D eigenvalue weighted by Crippen LogP contribution is 2.21. The molecule has 6 nitrogen and oxygen atoms in total. The maximum atomic E-state index is 11.6. The van der Waals surface area contributed by atoms with Crippen molar-refractivity contribution in [2.45, 2.75) is 12.8 Å². The van der Waals surface area contributed by atoms with Gasteiger partial charge in [0, 0.05) is 19.2 Å². The summed E-state index contributed by atoms with van der Waals surface area (Å²) in [6.45, 7) is 1.60. The van der Waals surface area contributed by atoms with Crippen molar-refractivity contribution < 1.29 is 9.53 Å². The molecule has 3 rings (SSSR count). The van der Waals surface area contributed by atoms with Crippen molar-refractivity contribution in [3.63, 3.8) is 0 Å². The fourth-order valence-corrected chi connectivity index (χ4v) is 2.49. The van der Waals surface area contributed by atoms with E-state index < -0.39 is 0 Å². The molecule has 1 fully saturated rings. The number of carbonyl (C=O) groups is 1. The first-order valence-corrected chi connectivity index (χ1v) is 7.51. The van der Waals surface area contributed by atoms with Gasteiger partial charge < -0.3 is 9.64 Å². The average molecular weight is 308 g/mol. The Hall–Kier alpha value is -2.94. The van der Waals surface area contributed by atoms with Crippen LogP contribution in [-0.2, 0) is 4.79 Å². The van der Waals surface area contributed by atoms with E-state index in [0.29, 0.717) is 30.8 Å². The van der Waals surface area contributed by atoms with Crippen molar-refractivity contribution in [2.24, 2.45) is 0 Å². The number of rotatable bonds is 5. The van der Waals surface area contributed by atoms with Gasteiger partial charge in [0.1, 0.15) is 18.2 Å². The minimum atomic E-state index is 0.157. The normalized spacial score (nSPS) is 13.9. The van der Waals surface area contributed by atoms with E-state index in [1.807, 2.05) is 18.2 Å². The number of hydrogen-bond donors (Lipinski definition) is 0. The lowest BCUT2D eigenvalue weighted by atomic mass is 10.2. The molecule has 0 saturated carbocycles. The molecule has 0 atom stereocenters. The maximum Gasteiger partial charge on any atom is 0.232 e. The fourth-order valence-electron chi connectivity index (χ4n) is 2.49. The molecule has 0 unspecified atom stereocenters. The van der Waals surface area contributed by atoms with E-state index in [1.165, 1.54) is 0 Å². The summed E-state index contributed by atoms with van der Waals surface area (Å²) in [6, 6.07) is 11.1. The zero-order valence-corrected chi connectivity index (χ0v) is 12.6. The van der Waals surface area contributed by atoms with Gasteiger partial charge in [-0.25, -0.2) is 4.98 Å². The molecule has 6 heteroatoms. The Balaban J connectivity index is 1.72. The standard InChI is InChI=1S/C17H16N4O2/c18-12-13-6-7-15(14-4-1-2-8-19-14)20-17(13)23-11-10-21-9-3-5-16(21)22/h1-2,4,6-8H,3,5,9-11H2. The van der Waals surface area contributed by atoms with Gasteiger partial charge in [0.05, 0.1) is 17.9 Å². The van der Waals surface area contributed by atoms with Crippen LogP contribution >= 0.6 is 0 Å². The molecule has 0 bridgehead atoms. The molecule has 1 saturated heterocycles. The number of amides is 1. The highest BCUT2D eigenvalue weighted by atomic mass is 16.5. The smallest absolute Gasteiger partial charge is 0.232 e. The van der Waals surface area contributed by atoms with Crippen molar-refractivity contribution in [1.82, 2.24) is 14.9 Å². The van der Waals surface area contributed by atoms with Crippen LogP contribution < -0.4 is 4.74 Å². The summed E-state index contributed by atoms with van der Waals surface area (Å²) in [7, 11) is 0. The maximum absolute atomic E-state index is 11.6. The molecule has 0 N–H and O–H groups in total. The zero-order valence-electron chi connectivity index (χ0n) is 12.6. The van der Waals surface area contributed by atoms with Gasteiger partial charge >= 0.3 is 0 Å². The van der Waals surface area contributed by atoms with Crippen molar-refractivity contribution >= 4 is 5.91 Å². The molecule has 116 valence electrons. The number of hydrogen-bond acceptors (Lipinski definition) is 5. The van der Waals surface area contributed by atoms with Crippen LogP contribution in [0.15, 0.2) is 36.5 Å². The Bertz CT molecular complexity index is 740. The zero-order chi connectivity index (χ0) is 16.1. The predicted octanol–water partition coefficient (Wildman–Crippen LogP) is 2.02. The fraction of sp³-hybridized carbons (Fsp3) is 0.294. The van der Waals surface area contributed by atoms with E-state index in [0.717, 1.165) is 18.7 Å². The van der Waals surface area contributed by atoms with Crippen LogP contribution in [-0.4, -0.2) is 40.5 Å². The van der Waals surface area contributed by atoms with Gasteiger partial charge in [0.2, 0.25) is 11.8 Å². The van der Waals surface area contributed by atoms with E-state index >= 15 is 0 Å². The lowest BCUT2D eigenvalue weighted by molar-refractivity contribution is -0.128. The summed E-state index contributed by atoms with van der Waals surface area (Å²) >= 11 is 0. The van der Waals surface area contributed by atoms with Gasteiger partial charge in [-0.3, -0.25) is 9.78 Å². The monoisotopic (exact) mass is 308 g/mol. The predicted molar refractivity (Wildman–Crippen MR) is 83.5 cm³/mol. The van der Waals surface area contributed by atoms with E-state index in [9.17, 15) is 10.1 Å². The minimum Gasteiger partial charge on any atom is -0.475 e. The van der Waals surface area contributed by atoms with Crippen LogP contribution in [0, 0.1) is 11.3 Å². The number of carbonyl (C=O) groups excluding carboxylic acids is 1. The highest BCUT2D eigenvalue weighted by Gasteiger charge is 2.19. The number of pyridine rings is 2. The number of nitriles is 1. The van der Waals surface area contributed by atoms with Crippen molar-refractivity contribution in [3.05, 3.63) is 42.1 Å². The van der Waals surface area contributed by atoms with Crippen molar-refractivity contribution in [3.8, 4) is 23.3 Å². The third-order valence-corrected chi connectivity index (χ3v) is 3.68. The first-order valence-electron chi connectivity index (χ1n) is 7.51. The summed E-state index contributed by atoms with van der Waals surface area (Å²) < 4.78 is 5.65. The molecular formula is C17H16N4O2. The van der Waals surface area contributed by atoms with Gasteiger partial charge in [-0.2, -0.15) is 5.26 Å². The van der Waals surface area contributed by atoms with Gasteiger partial charge in [-0.05, 0) is 30.7 Å². The lowest BCUT2D eigenvalue weighted by Crippen LogP contribution is -2.29. The van der Waals surface area contributed by atoms with E-state index in [4.69, 9.17) is 4.74 Å². The summed E-state index contributed by atoms with van der Waals surface area (Å²) in [5, 5.41) is 9.18. The van der Waals surface area contributed by atoms with Crippen LogP contribution in [0.5, 0.6) is 5.88 Å². The quantitative estimate of drug-likeness (QED) is 0.844. The van der Waals surface area contributed by atoms with E-state index in [-0.39, 0.29) is 11.8 Å². The Kier molecular flexibility index (Phi) is 4.48. The molecule has 3 heterocycles. The molecule has 0 aromatic carbocycles. The number of aromatic nitrogens is 2. The molecule has 2 aromatic rings. The number of ether oxygens (including phenoxy) is 1. The first kappa shape index (κ1) is 15.0. The lowest BCUT2D eigenvalue weighted by Gasteiger charge is -2.16. The Morgan fingerprint density at radius 3 is 2.87 bits per heavy atom. The van der Waals surface area contributed by atoms with Crippen molar-refractivity contribution in [2.75, 3.05) is 19.7 Å². The van der Waals surface area contributed by atoms with Gasteiger partial charge in [-0.15, -0.1) is 0 Å². The van der Waals surface area contributed by atoms with Crippen LogP contribution in [0.2, 0.25) is 0 Å². The first-order chi connectivity index (χ1) is 11.3. The van der Waals surface area contributed by atoms with Crippen LogP contribution in [0.1, 0.15) is 18.4 Å². The Labute approximate surface area is 134 Å². The van der Waals surface area contributed by atoms with Crippen LogP contribution in [0.4, 0.5) is 0 Å². The third kappa shape index (κ3) is 3.46. The molecule has 2 aromatic heterocycles. The molecule has 0 spiro atoms. The molecule has 1 aliphatic heterocycles. The van der Waals surface area contributed by atoms with E-state index in [2.05, 4.69) is 16.0 Å². The summed E-state index contributed by atoms with van der Waals surface area (Å²) in [6.07, 6.45) is 3.20. The van der Waals surface area contributed by atoms with E-state index in [1.54, 1.807) is 23.2 Å². The molecule has 1 aliphatic rings. The topological polar surface area (TPSA) is 79.1 Å². The summed E-state index contributed by atoms with van der Waals surface area (Å²) in [5.41, 5.74) is 1.74. The van der Waals surface area contributed by atoms with Gasteiger partial charge in [0.25, 0.3) is 0 Å².